The van der Waals surface area contributed by atoms with Crippen LogP contribution in [0.4, 0.5) is 10.3 Å². The summed E-state index contributed by atoms with van der Waals surface area (Å²) in [5, 5.41) is 0.0122. The van der Waals surface area contributed by atoms with E-state index in [9.17, 15) is 12.8 Å². The van der Waals surface area contributed by atoms with Gasteiger partial charge < -0.3 is 14.2 Å². The van der Waals surface area contributed by atoms with Crippen molar-refractivity contribution in [2.45, 2.75) is 17.2 Å². The molecule has 0 radical (unpaired) electrons. The Morgan fingerprint density at radius 2 is 2.00 bits per heavy atom. The first-order valence-corrected chi connectivity index (χ1v) is 9.23. The third kappa shape index (κ3) is 2.87. The van der Waals surface area contributed by atoms with E-state index >= 15 is 0 Å². The Balaban J connectivity index is 1.59. The van der Waals surface area contributed by atoms with E-state index in [1.807, 2.05) is 4.90 Å². The van der Waals surface area contributed by atoms with Gasteiger partial charge in [-0.3, -0.25) is 0 Å². The standard InChI is InChI=1S/C14H17FN6O3S/c1-19-8-13(18-9-19)25(22,23)20-6-11-12(7-20)24-3-2-21(11)14-16-4-10(15)5-17-14/h4-5,8-9,11-12H,2-3,6-7H2,1H3/t11-,12+/m1/s1. The maximum Gasteiger partial charge on any atom is 0.262 e. The summed E-state index contributed by atoms with van der Waals surface area (Å²) < 4.78 is 47.3. The van der Waals surface area contributed by atoms with E-state index in [1.54, 1.807) is 11.6 Å². The normalized spacial score (nSPS) is 24.5. The molecule has 4 heterocycles. The van der Waals surface area contributed by atoms with Gasteiger partial charge in [0.25, 0.3) is 10.0 Å². The van der Waals surface area contributed by atoms with Gasteiger partial charge in [-0.25, -0.2) is 27.8 Å². The summed E-state index contributed by atoms with van der Waals surface area (Å²) in [6.45, 7) is 1.43. The second kappa shape index (κ2) is 6.00. The van der Waals surface area contributed by atoms with Crippen molar-refractivity contribution in [3.8, 4) is 0 Å². The van der Waals surface area contributed by atoms with Crippen LogP contribution in [-0.4, -0.2) is 70.6 Å². The number of rotatable bonds is 3. The third-order valence-electron chi connectivity index (χ3n) is 4.42. The van der Waals surface area contributed by atoms with Gasteiger partial charge in [0, 0.05) is 32.9 Å². The van der Waals surface area contributed by atoms with Crippen molar-refractivity contribution in [2.75, 3.05) is 31.1 Å². The lowest BCUT2D eigenvalue weighted by Crippen LogP contribution is -2.51. The summed E-state index contributed by atoms with van der Waals surface area (Å²) >= 11 is 0. The van der Waals surface area contributed by atoms with E-state index in [0.29, 0.717) is 19.1 Å². The highest BCUT2D eigenvalue weighted by Gasteiger charge is 2.45. The lowest BCUT2D eigenvalue weighted by molar-refractivity contribution is 0.0325. The van der Waals surface area contributed by atoms with Crippen LogP contribution in [0.3, 0.4) is 0 Å². The smallest absolute Gasteiger partial charge is 0.262 e. The van der Waals surface area contributed by atoms with Crippen LogP contribution >= 0.6 is 0 Å². The predicted octanol–water partition coefficient (Wildman–Crippen LogP) is -0.373. The lowest BCUT2D eigenvalue weighted by Gasteiger charge is -2.36. The molecule has 0 aliphatic carbocycles. The number of imidazole rings is 1. The molecular formula is C14H17FN6O3S. The molecule has 2 saturated heterocycles. The van der Waals surface area contributed by atoms with Crippen molar-refractivity contribution in [3.05, 3.63) is 30.7 Å². The summed E-state index contributed by atoms with van der Waals surface area (Å²) in [6, 6.07) is -0.224. The molecule has 0 unspecified atom stereocenters. The van der Waals surface area contributed by atoms with Gasteiger partial charge in [0.1, 0.15) is 0 Å². The molecule has 0 saturated carbocycles. The first-order chi connectivity index (χ1) is 11.9. The minimum absolute atomic E-state index is 0.0122. The summed E-state index contributed by atoms with van der Waals surface area (Å²) in [6.07, 6.45) is 4.83. The highest BCUT2D eigenvalue weighted by molar-refractivity contribution is 7.89. The molecule has 2 fully saturated rings. The summed E-state index contributed by atoms with van der Waals surface area (Å²) in [5.41, 5.74) is 0. The van der Waals surface area contributed by atoms with E-state index in [-0.39, 0.29) is 30.3 Å². The van der Waals surface area contributed by atoms with Crippen LogP contribution in [-0.2, 0) is 21.8 Å². The van der Waals surface area contributed by atoms with Crippen molar-refractivity contribution in [1.82, 2.24) is 23.8 Å². The molecule has 2 aliphatic heterocycles. The SMILES string of the molecule is Cn1cnc(S(=O)(=O)N2C[C@@H]3OCCN(c4ncc(F)cn4)[C@@H]3C2)c1. The maximum absolute atomic E-state index is 13.1. The third-order valence-corrected chi connectivity index (χ3v) is 6.13. The zero-order chi connectivity index (χ0) is 17.6. The highest BCUT2D eigenvalue weighted by Crippen LogP contribution is 2.29. The van der Waals surface area contributed by atoms with Crippen LogP contribution < -0.4 is 4.90 Å². The molecular weight excluding hydrogens is 351 g/mol. The molecule has 0 bridgehead atoms. The first kappa shape index (κ1) is 16.4. The van der Waals surface area contributed by atoms with E-state index in [1.165, 1.54) is 16.8 Å². The molecule has 0 amide bonds. The number of ether oxygens (including phenoxy) is 1. The quantitative estimate of drug-likeness (QED) is 0.729. The van der Waals surface area contributed by atoms with Gasteiger partial charge in [-0.2, -0.15) is 4.31 Å². The first-order valence-electron chi connectivity index (χ1n) is 7.79. The summed E-state index contributed by atoms with van der Waals surface area (Å²) in [7, 11) is -1.98. The van der Waals surface area contributed by atoms with Crippen molar-refractivity contribution in [1.29, 1.82) is 0 Å². The number of halogens is 1. The molecule has 0 spiro atoms. The van der Waals surface area contributed by atoms with Crippen molar-refractivity contribution < 1.29 is 17.5 Å². The van der Waals surface area contributed by atoms with Crippen LogP contribution in [0, 0.1) is 5.82 Å². The van der Waals surface area contributed by atoms with Gasteiger partial charge in [0.05, 0.1) is 37.5 Å². The average molecular weight is 368 g/mol. The van der Waals surface area contributed by atoms with Gasteiger partial charge in [-0.05, 0) is 0 Å². The predicted molar refractivity (Wildman–Crippen MR) is 84.8 cm³/mol. The number of nitrogens with zero attached hydrogens (tertiary/aromatic N) is 6. The maximum atomic E-state index is 13.1. The van der Waals surface area contributed by atoms with E-state index < -0.39 is 15.8 Å². The monoisotopic (exact) mass is 368 g/mol. The van der Waals surface area contributed by atoms with Crippen LogP contribution in [0.15, 0.2) is 29.9 Å². The molecule has 134 valence electrons. The number of morpholine rings is 1. The van der Waals surface area contributed by atoms with Crippen molar-refractivity contribution >= 4 is 16.0 Å². The molecule has 25 heavy (non-hydrogen) atoms. The molecule has 2 atom stereocenters. The number of hydrogen-bond donors (Lipinski definition) is 0. The van der Waals surface area contributed by atoms with Gasteiger partial charge >= 0.3 is 0 Å². The lowest BCUT2D eigenvalue weighted by atomic mass is 10.1. The Hall–Kier alpha value is -2.11. The Labute approximate surface area is 144 Å². The molecule has 0 aromatic carbocycles. The van der Waals surface area contributed by atoms with E-state index in [2.05, 4.69) is 15.0 Å². The highest BCUT2D eigenvalue weighted by atomic mass is 32.2. The van der Waals surface area contributed by atoms with E-state index in [0.717, 1.165) is 12.4 Å². The van der Waals surface area contributed by atoms with Crippen LogP contribution in [0.5, 0.6) is 0 Å². The zero-order valence-corrected chi connectivity index (χ0v) is 14.3. The van der Waals surface area contributed by atoms with Crippen LogP contribution in [0.1, 0.15) is 0 Å². The number of hydrogen-bond acceptors (Lipinski definition) is 7. The van der Waals surface area contributed by atoms with Gasteiger partial charge in [-0.15, -0.1) is 0 Å². The van der Waals surface area contributed by atoms with Crippen molar-refractivity contribution in [2.24, 2.45) is 7.05 Å². The number of aromatic nitrogens is 4. The van der Waals surface area contributed by atoms with Gasteiger partial charge in [0.2, 0.25) is 5.95 Å². The zero-order valence-electron chi connectivity index (χ0n) is 13.5. The molecule has 2 aromatic heterocycles. The largest absolute Gasteiger partial charge is 0.373 e. The number of anilines is 1. The minimum Gasteiger partial charge on any atom is -0.373 e. The topological polar surface area (TPSA) is 93.5 Å². The molecule has 2 aliphatic rings. The second-order valence-electron chi connectivity index (χ2n) is 6.07. The van der Waals surface area contributed by atoms with Gasteiger partial charge in [-0.1, -0.05) is 0 Å². The Kier molecular flexibility index (Phi) is 3.93. The Morgan fingerprint density at radius 1 is 1.24 bits per heavy atom. The Bertz CT molecular complexity index is 871. The number of fused-ring (bicyclic) bond motifs is 1. The van der Waals surface area contributed by atoms with Crippen molar-refractivity contribution in [3.63, 3.8) is 0 Å². The second-order valence-corrected chi connectivity index (χ2v) is 7.96. The molecule has 0 N–H and O–H groups in total. The summed E-state index contributed by atoms with van der Waals surface area (Å²) in [5.74, 6) is -0.142. The minimum atomic E-state index is -3.69. The van der Waals surface area contributed by atoms with E-state index in [4.69, 9.17) is 4.74 Å². The number of sulfonamides is 1. The van der Waals surface area contributed by atoms with Crippen LogP contribution in [0.25, 0.3) is 0 Å². The fourth-order valence-corrected chi connectivity index (χ4v) is 4.64. The number of aryl methyl sites for hydroxylation is 1. The van der Waals surface area contributed by atoms with Gasteiger partial charge in [0.15, 0.2) is 10.8 Å². The molecule has 4 rings (SSSR count). The fourth-order valence-electron chi connectivity index (χ4n) is 3.21. The molecule has 11 heteroatoms. The Morgan fingerprint density at radius 3 is 2.68 bits per heavy atom. The van der Waals surface area contributed by atoms with Crippen LogP contribution in [0.2, 0.25) is 0 Å². The fraction of sp³-hybridized carbons (Fsp3) is 0.500. The molecule has 2 aromatic rings. The summed E-state index contributed by atoms with van der Waals surface area (Å²) in [4.78, 5) is 13.8. The molecule has 9 nitrogen and oxygen atoms in total. The average Bonchev–Trinajstić information content (AvgIpc) is 3.22.